The lowest BCUT2D eigenvalue weighted by Crippen LogP contribution is -2.40. The van der Waals surface area contributed by atoms with E-state index >= 15 is 0 Å². The van der Waals surface area contributed by atoms with Crippen LogP contribution in [0.2, 0.25) is 0 Å². The molecule has 26 heavy (non-hydrogen) atoms. The fourth-order valence-electron chi connectivity index (χ4n) is 2.77. The van der Waals surface area contributed by atoms with Crippen LogP contribution in [0.1, 0.15) is 37.6 Å². The lowest BCUT2D eigenvalue weighted by Gasteiger charge is -2.29. The molecule has 2 N–H and O–H groups in total. The van der Waals surface area contributed by atoms with E-state index in [2.05, 4.69) is 20.5 Å². The first-order valence-corrected chi connectivity index (χ1v) is 8.54. The summed E-state index contributed by atoms with van der Waals surface area (Å²) in [6.07, 6.45) is 3.83. The van der Waals surface area contributed by atoms with Gasteiger partial charge in [-0.25, -0.2) is 4.79 Å². The van der Waals surface area contributed by atoms with Gasteiger partial charge in [-0.2, -0.15) is 5.10 Å². The molecule has 2 aromatic heterocycles. The maximum absolute atomic E-state index is 12.2. The summed E-state index contributed by atoms with van der Waals surface area (Å²) in [5.41, 5.74) is 2.06. The van der Waals surface area contributed by atoms with E-state index in [1.807, 2.05) is 26.8 Å². The SMILES string of the molecule is CC(C)(C)OC(=O)N1CCc2c(NC(=O)Cc3cccnc3)n[nH]c2C1. The molecule has 0 aromatic carbocycles. The molecule has 0 saturated carbocycles. The normalized spacial score (nSPS) is 13.9. The fraction of sp³-hybridized carbons (Fsp3) is 0.444. The number of nitrogens with one attached hydrogen (secondary N) is 2. The minimum atomic E-state index is -0.531. The maximum Gasteiger partial charge on any atom is 0.410 e. The summed E-state index contributed by atoms with van der Waals surface area (Å²) in [6, 6.07) is 3.65. The number of pyridine rings is 1. The van der Waals surface area contributed by atoms with Crippen molar-refractivity contribution >= 4 is 17.8 Å². The lowest BCUT2D eigenvalue weighted by molar-refractivity contribution is -0.115. The van der Waals surface area contributed by atoms with Gasteiger partial charge in [-0.15, -0.1) is 0 Å². The van der Waals surface area contributed by atoms with E-state index in [9.17, 15) is 9.59 Å². The van der Waals surface area contributed by atoms with Crippen molar-refractivity contribution < 1.29 is 14.3 Å². The molecule has 8 nitrogen and oxygen atoms in total. The van der Waals surface area contributed by atoms with Gasteiger partial charge in [-0.3, -0.25) is 14.9 Å². The summed E-state index contributed by atoms with van der Waals surface area (Å²) in [7, 11) is 0. The number of anilines is 1. The molecule has 1 aliphatic rings. The van der Waals surface area contributed by atoms with Crippen LogP contribution in [-0.4, -0.2) is 44.2 Å². The van der Waals surface area contributed by atoms with Crippen LogP contribution >= 0.6 is 0 Å². The molecule has 8 heteroatoms. The Bertz CT molecular complexity index is 795. The molecule has 0 saturated heterocycles. The Hall–Kier alpha value is -2.90. The van der Waals surface area contributed by atoms with Crippen LogP contribution < -0.4 is 5.32 Å². The molecule has 0 aliphatic carbocycles. The average molecular weight is 357 g/mol. The largest absolute Gasteiger partial charge is 0.444 e. The van der Waals surface area contributed by atoms with Gasteiger partial charge in [0, 0.05) is 24.5 Å². The van der Waals surface area contributed by atoms with E-state index in [1.54, 1.807) is 23.4 Å². The first kappa shape index (κ1) is 17.9. The van der Waals surface area contributed by atoms with Crippen LogP contribution in [0.25, 0.3) is 0 Å². The smallest absolute Gasteiger partial charge is 0.410 e. The molecule has 2 amide bonds. The summed E-state index contributed by atoms with van der Waals surface area (Å²) in [5.74, 6) is 0.375. The van der Waals surface area contributed by atoms with E-state index in [0.29, 0.717) is 25.3 Å². The molecule has 3 heterocycles. The highest BCUT2D eigenvalue weighted by molar-refractivity contribution is 5.92. The van der Waals surface area contributed by atoms with Crippen molar-refractivity contribution in [1.82, 2.24) is 20.1 Å². The van der Waals surface area contributed by atoms with E-state index in [0.717, 1.165) is 16.8 Å². The zero-order valence-electron chi connectivity index (χ0n) is 15.2. The highest BCUT2D eigenvalue weighted by atomic mass is 16.6. The van der Waals surface area contributed by atoms with Gasteiger partial charge in [0.1, 0.15) is 5.60 Å². The van der Waals surface area contributed by atoms with E-state index in [-0.39, 0.29) is 18.4 Å². The third kappa shape index (κ3) is 4.38. The van der Waals surface area contributed by atoms with Gasteiger partial charge in [-0.1, -0.05) is 6.07 Å². The van der Waals surface area contributed by atoms with Gasteiger partial charge in [0.2, 0.25) is 5.91 Å². The monoisotopic (exact) mass is 357 g/mol. The van der Waals surface area contributed by atoms with Crippen LogP contribution in [0, 0.1) is 0 Å². The van der Waals surface area contributed by atoms with Crippen LogP contribution in [0.4, 0.5) is 10.6 Å². The average Bonchev–Trinajstić information content (AvgIpc) is 2.96. The second-order valence-corrected chi connectivity index (χ2v) is 7.27. The number of hydrogen-bond donors (Lipinski definition) is 2. The molecule has 0 fully saturated rings. The number of carbonyl (C=O) groups excluding carboxylic acids is 2. The predicted molar refractivity (Wildman–Crippen MR) is 95.5 cm³/mol. The molecule has 3 rings (SSSR count). The Balaban J connectivity index is 1.62. The predicted octanol–water partition coefficient (Wildman–Crippen LogP) is 2.28. The van der Waals surface area contributed by atoms with Crippen molar-refractivity contribution in [3.8, 4) is 0 Å². The van der Waals surface area contributed by atoms with Crippen LogP contribution in [0.3, 0.4) is 0 Å². The Morgan fingerprint density at radius 1 is 1.38 bits per heavy atom. The molecular weight excluding hydrogens is 334 g/mol. The maximum atomic E-state index is 12.2. The number of hydrogen-bond acceptors (Lipinski definition) is 5. The Morgan fingerprint density at radius 2 is 2.19 bits per heavy atom. The molecule has 0 unspecified atom stereocenters. The lowest BCUT2D eigenvalue weighted by atomic mass is 10.1. The van der Waals surface area contributed by atoms with E-state index < -0.39 is 5.60 Å². The summed E-state index contributed by atoms with van der Waals surface area (Å²) in [6.45, 7) is 6.42. The van der Waals surface area contributed by atoms with Crippen LogP contribution in [0.5, 0.6) is 0 Å². The number of ether oxygens (including phenoxy) is 1. The standard InChI is InChI=1S/C18H23N5O3/c1-18(2,3)26-17(25)23-8-6-13-14(11-23)21-22-16(13)20-15(24)9-12-5-4-7-19-10-12/h4-5,7,10H,6,8-9,11H2,1-3H3,(H2,20,21,22,24). The number of aromatic nitrogens is 3. The van der Waals surface area contributed by atoms with Crippen molar-refractivity contribution in [1.29, 1.82) is 0 Å². The Labute approximate surface area is 151 Å². The number of H-pyrrole nitrogens is 1. The zero-order valence-corrected chi connectivity index (χ0v) is 15.2. The minimum Gasteiger partial charge on any atom is -0.444 e. The Kier molecular flexibility index (Phi) is 4.92. The topological polar surface area (TPSA) is 100 Å². The second-order valence-electron chi connectivity index (χ2n) is 7.27. The molecule has 2 aromatic rings. The van der Waals surface area contributed by atoms with E-state index in [1.165, 1.54) is 0 Å². The number of fused-ring (bicyclic) bond motifs is 1. The van der Waals surface area contributed by atoms with Gasteiger partial charge in [0.05, 0.1) is 18.7 Å². The van der Waals surface area contributed by atoms with Crippen molar-refractivity contribution in [3.05, 3.63) is 41.3 Å². The van der Waals surface area contributed by atoms with Crippen LogP contribution in [-0.2, 0) is 28.9 Å². The number of rotatable bonds is 3. The number of aromatic amines is 1. The van der Waals surface area contributed by atoms with Crippen molar-refractivity contribution in [2.45, 2.75) is 45.8 Å². The molecular formula is C18H23N5O3. The number of amides is 2. The fourth-order valence-corrected chi connectivity index (χ4v) is 2.77. The number of nitrogens with zero attached hydrogens (tertiary/aromatic N) is 3. The highest BCUT2D eigenvalue weighted by Crippen LogP contribution is 2.25. The highest BCUT2D eigenvalue weighted by Gasteiger charge is 2.28. The second kappa shape index (κ2) is 7.15. The van der Waals surface area contributed by atoms with Gasteiger partial charge in [-0.05, 0) is 38.8 Å². The summed E-state index contributed by atoms with van der Waals surface area (Å²) in [5, 5.41) is 9.95. The molecule has 138 valence electrons. The van der Waals surface area contributed by atoms with Crippen molar-refractivity contribution in [2.24, 2.45) is 0 Å². The minimum absolute atomic E-state index is 0.151. The van der Waals surface area contributed by atoms with Crippen molar-refractivity contribution in [2.75, 3.05) is 11.9 Å². The van der Waals surface area contributed by atoms with Crippen molar-refractivity contribution in [3.63, 3.8) is 0 Å². The van der Waals surface area contributed by atoms with E-state index in [4.69, 9.17) is 4.74 Å². The first-order valence-electron chi connectivity index (χ1n) is 8.54. The molecule has 0 atom stereocenters. The van der Waals surface area contributed by atoms with Gasteiger partial charge in [0.15, 0.2) is 5.82 Å². The summed E-state index contributed by atoms with van der Waals surface area (Å²) >= 11 is 0. The van der Waals surface area contributed by atoms with Gasteiger partial charge in [0.25, 0.3) is 0 Å². The molecule has 1 aliphatic heterocycles. The quantitative estimate of drug-likeness (QED) is 0.878. The molecule has 0 bridgehead atoms. The molecule has 0 radical (unpaired) electrons. The summed E-state index contributed by atoms with van der Waals surface area (Å²) < 4.78 is 5.41. The third-order valence-corrected chi connectivity index (χ3v) is 3.93. The summed E-state index contributed by atoms with van der Waals surface area (Å²) in [4.78, 5) is 30.1. The van der Waals surface area contributed by atoms with Gasteiger partial charge >= 0.3 is 6.09 Å². The van der Waals surface area contributed by atoms with Crippen LogP contribution in [0.15, 0.2) is 24.5 Å². The first-order chi connectivity index (χ1) is 12.3. The van der Waals surface area contributed by atoms with Gasteiger partial charge < -0.3 is 15.0 Å². The zero-order chi connectivity index (χ0) is 18.7. The molecule has 0 spiro atoms. The third-order valence-electron chi connectivity index (χ3n) is 3.93. The number of carbonyl (C=O) groups is 2. The Morgan fingerprint density at radius 3 is 2.88 bits per heavy atom.